The van der Waals surface area contributed by atoms with Crippen molar-refractivity contribution < 1.29 is 18.3 Å². The maximum atomic E-state index is 12.9. The number of benzene rings is 2. The summed E-state index contributed by atoms with van der Waals surface area (Å²) in [7, 11) is 0. The molecule has 2 aromatic rings. The largest absolute Gasteiger partial charge is 0.416 e. The van der Waals surface area contributed by atoms with Gasteiger partial charge in [-0.15, -0.1) is 0 Å². The first-order valence-corrected chi connectivity index (χ1v) is 7.50. The van der Waals surface area contributed by atoms with E-state index in [-0.39, 0.29) is 11.5 Å². The van der Waals surface area contributed by atoms with Crippen molar-refractivity contribution in [1.82, 2.24) is 0 Å². The van der Waals surface area contributed by atoms with Crippen LogP contribution in [0.2, 0.25) is 0 Å². The van der Waals surface area contributed by atoms with Gasteiger partial charge in [0.05, 0.1) is 11.7 Å². The summed E-state index contributed by atoms with van der Waals surface area (Å²) in [6, 6.07) is 14.2. The second-order valence-electron chi connectivity index (χ2n) is 5.34. The van der Waals surface area contributed by atoms with Gasteiger partial charge in [-0.05, 0) is 29.7 Å². The van der Waals surface area contributed by atoms with E-state index in [1.807, 2.05) is 49.4 Å². The molecule has 23 heavy (non-hydrogen) atoms. The van der Waals surface area contributed by atoms with Crippen LogP contribution in [0, 0.1) is 0 Å². The normalized spacial score (nSPS) is 14.8. The number of hydrogen-bond donors (Lipinski definition) is 1. The number of aliphatic hydroxyl groups excluding tert-OH is 1. The van der Waals surface area contributed by atoms with E-state index in [2.05, 4.69) is 0 Å². The van der Waals surface area contributed by atoms with Crippen molar-refractivity contribution in [2.45, 2.75) is 31.5 Å². The van der Waals surface area contributed by atoms with Crippen molar-refractivity contribution in [3.05, 3.63) is 83.4 Å². The zero-order valence-electron chi connectivity index (χ0n) is 12.8. The Morgan fingerprint density at radius 3 is 2.26 bits per heavy atom. The molecule has 0 amide bonds. The molecular formula is C19H19F3O. The molecule has 0 bridgehead atoms. The molecule has 0 fully saturated rings. The molecule has 0 radical (unpaired) electrons. The Bertz CT molecular complexity index is 647. The summed E-state index contributed by atoms with van der Waals surface area (Å²) < 4.78 is 38.6. The van der Waals surface area contributed by atoms with Crippen LogP contribution < -0.4 is 0 Å². The Labute approximate surface area is 134 Å². The number of alkyl halides is 3. The third-order valence-corrected chi connectivity index (χ3v) is 3.66. The smallest absolute Gasteiger partial charge is 0.387 e. The van der Waals surface area contributed by atoms with E-state index >= 15 is 0 Å². The van der Waals surface area contributed by atoms with Gasteiger partial charge in [-0.3, -0.25) is 0 Å². The van der Waals surface area contributed by atoms with E-state index in [0.717, 1.165) is 24.1 Å². The minimum absolute atomic E-state index is 0.259. The van der Waals surface area contributed by atoms with Crippen molar-refractivity contribution in [1.29, 1.82) is 0 Å². The highest BCUT2D eigenvalue weighted by molar-refractivity contribution is 5.33. The molecule has 0 spiro atoms. The lowest BCUT2D eigenvalue weighted by Gasteiger charge is -2.22. The molecule has 0 aromatic heterocycles. The zero-order chi connectivity index (χ0) is 16.9. The zero-order valence-corrected chi connectivity index (χ0v) is 12.8. The van der Waals surface area contributed by atoms with Crippen LogP contribution in [0.1, 0.15) is 42.1 Å². The minimum atomic E-state index is -4.42. The first-order chi connectivity index (χ1) is 10.9. The van der Waals surface area contributed by atoms with Gasteiger partial charge >= 0.3 is 6.18 Å². The van der Waals surface area contributed by atoms with E-state index in [9.17, 15) is 18.3 Å². The summed E-state index contributed by atoms with van der Waals surface area (Å²) in [5.41, 5.74) is 0.372. The van der Waals surface area contributed by atoms with Gasteiger partial charge in [-0.2, -0.15) is 13.2 Å². The quantitative estimate of drug-likeness (QED) is 0.722. The first-order valence-electron chi connectivity index (χ1n) is 7.50. The number of allylic oxidation sites excluding steroid dienone is 1. The van der Waals surface area contributed by atoms with E-state index in [0.29, 0.717) is 0 Å². The van der Waals surface area contributed by atoms with E-state index < -0.39 is 17.8 Å². The molecule has 4 heteroatoms. The fraction of sp³-hybridized carbons (Fsp3) is 0.263. The van der Waals surface area contributed by atoms with E-state index in [1.54, 1.807) is 0 Å². The maximum Gasteiger partial charge on any atom is 0.416 e. The third-order valence-electron chi connectivity index (χ3n) is 3.66. The Hall–Kier alpha value is -2.07. The SMILES string of the molecule is CC/C=C/[C@@H](c1ccccc1)[C@@H](O)c1cccc(C(F)(F)F)c1. The standard InChI is InChI=1S/C19H19F3O/c1-2-3-12-17(14-8-5-4-6-9-14)18(23)15-10-7-11-16(13-15)19(20,21)22/h3-13,17-18,23H,2H2,1H3/b12-3+/t17-,18-/m0/s1. The lowest BCUT2D eigenvalue weighted by Crippen LogP contribution is -2.11. The van der Waals surface area contributed by atoms with Crippen LogP contribution in [0.3, 0.4) is 0 Å². The Balaban J connectivity index is 2.38. The highest BCUT2D eigenvalue weighted by Crippen LogP contribution is 2.35. The second-order valence-corrected chi connectivity index (χ2v) is 5.34. The molecule has 0 saturated carbocycles. The highest BCUT2D eigenvalue weighted by Gasteiger charge is 2.31. The average Bonchev–Trinajstić information content (AvgIpc) is 2.55. The molecule has 2 atom stereocenters. The molecule has 2 rings (SSSR count). The predicted molar refractivity (Wildman–Crippen MR) is 85.0 cm³/mol. The molecule has 0 aliphatic heterocycles. The lowest BCUT2D eigenvalue weighted by atomic mass is 9.88. The van der Waals surface area contributed by atoms with Gasteiger partial charge in [0.15, 0.2) is 0 Å². The summed E-state index contributed by atoms with van der Waals surface area (Å²) in [5.74, 6) is -0.389. The molecule has 122 valence electrons. The summed E-state index contributed by atoms with van der Waals surface area (Å²) in [6.07, 6.45) is -0.910. The lowest BCUT2D eigenvalue weighted by molar-refractivity contribution is -0.137. The van der Waals surface area contributed by atoms with Crippen molar-refractivity contribution in [3.8, 4) is 0 Å². The fourth-order valence-electron chi connectivity index (χ4n) is 2.46. The van der Waals surface area contributed by atoms with Crippen molar-refractivity contribution in [2.75, 3.05) is 0 Å². The Morgan fingerprint density at radius 2 is 1.65 bits per heavy atom. The van der Waals surface area contributed by atoms with E-state index in [1.165, 1.54) is 12.1 Å². The number of hydrogen-bond acceptors (Lipinski definition) is 1. The van der Waals surface area contributed by atoms with Gasteiger partial charge in [-0.1, -0.05) is 61.5 Å². The van der Waals surface area contributed by atoms with Gasteiger partial charge in [-0.25, -0.2) is 0 Å². The molecule has 0 unspecified atom stereocenters. The Kier molecular flexibility index (Phi) is 5.61. The second kappa shape index (κ2) is 7.47. The average molecular weight is 320 g/mol. The molecule has 2 aromatic carbocycles. The van der Waals surface area contributed by atoms with Crippen LogP contribution in [0.4, 0.5) is 13.2 Å². The number of rotatable bonds is 5. The number of aliphatic hydroxyl groups is 1. The molecule has 1 nitrogen and oxygen atoms in total. The van der Waals surface area contributed by atoms with Crippen LogP contribution in [-0.2, 0) is 6.18 Å². The van der Waals surface area contributed by atoms with E-state index in [4.69, 9.17) is 0 Å². The van der Waals surface area contributed by atoms with Gasteiger partial charge in [0, 0.05) is 5.92 Å². The summed E-state index contributed by atoms with van der Waals surface area (Å²) >= 11 is 0. The van der Waals surface area contributed by atoms with Gasteiger partial charge in [0.2, 0.25) is 0 Å². The molecule has 1 N–H and O–H groups in total. The number of halogens is 3. The maximum absolute atomic E-state index is 12.9. The Morgan fingerprint density at radius 1 is 1.00 bits per heavy atom. The topological polar surface area (TPSA) is 20.2 Å². The summed E-state index contributed by atoms with van der Waals surface area (Å²) in [5, 5.41) is 10.6. The minimum Gasteiger partial charge on any atom is -0.387 e. The molecule has 0 aliphatic rings. The predicted octanol–water partition coefficient (Wildman–Crippen LogP) is 5.49. The molecular weight excluding hydrogens is 301 g/mol. The van der Waals surface area contributed by atoms with Crippen LogP contribution >= 0.6 is 0 Å². The monoisotopic (exact) mass is 320 g/mol. The van der Waals surface area contributed by atoms with Crippen LogP contribution in [0.15, 0.2) is 66.7 Å². The molecule has 0 aliphatic carbocycles. The molecule has 0 saturated heterocycles. The first kappa shape index (κ1) is 17.3. The van der Waals surface area contributed by atoms with Gasteiger partial charge in [0.1, 0.15) is 0 Å². The summed E-state index contributed by atoms with van der Waals surface area (Å²) in [6.45, 7) is 1.97. The third kappa shape index (κ3) is 4.45. The highest BCUT2D eigenvalue weighted by atomic mass is 19.4. The molecule has 0 heterocycles. The van der Waals surface area contributed by atoms with Crippen molar-refractivity contribution >= 4 is 0 Å². The van der Waals surface area contributed by atoms with Crippen molar-refractivity contribution in [3.63, 3.8) is 0 Å². The van der Waals surface area contributed by atoms with Crippen LogP contribution in [0.25, 0.3) is 0 Å². The van der Waals surface area contributed by atoms with Crippen molar-refractivity contribution in [2.24, 2.45) is 0 Å². The van der Waals surface area contributed by atoms with Crippen LogP contribution in [0.5, 0.6) is 0 Å². The fourth-order valence-corrected chi connectivity index (χ4v) is 2.46. The van der Waals surface area contributed by atoms with Crippen LogP contribution in [-0.4, -0.2) is 5.11 Å². The van der Waals surface area contributed by atoms with Gasteiger partial charge in [0.25, 0.3) is 0 Å². The van der Waals surface area contributed by atoms with Gasteiger partial charge < -0.3 is 5.11 Å². The summed E-state index contributed by atoms with van der Waals surface area (Å²) in [4.78, 5) is 0.